The molecular formula is C17H18N2. The summed E-state index contributed by atoms with van der Waals surface area (Å²) in [4.78, 5) is 0. The molecule has 0 unspecified atom stereocenters. The van der Waals surface area contributed by atoms with Crippen molar-refractivity contribution in [3.63, 3.8) is 0 Å². The molecule has 0 amide bonds. The van der Waals surface area contributed by atoms with Crippen LogP contribution in [-0.4, -0.2) is 11.4 Å². The smallest absolute Gasteiger partial charge is 0.0501 e. The molecule has 0 spiro atoms. The highest BCUT2D eigenvalue weighted by Crippen LogP contribution is 2.29. The molecule has 2 heterocycles. The van der Waals surface area contributed by atoms with E-state index in [1.54, 1.807) is 0 Å². The Hall–Kier alpha value is -2.06. The summed E-state index contributed by atoms with van der Waals surface area (Å²) in [6, 6.07) is 15.1. The van der Waals surface area contributed by atoms with E-state index in [-0.39, 0.29) is 0 Å². The molecule has 0 saturated carbocycles. The molecule has 0 aliphatic carbocycles. The Morgan fingerprint density at radius 1 is 1.05 bits per heavy atom. The minimum Gasteiger partial charge on any atom is -0.323 e. The van der Waals surface area contributed by atoms with Crippen LogP contribution >= 0.6 is 0 Å². The minimum atomic E-state index is 0.879. The van der Waals surface area contributed by atoms with Crippen molar-refractivity contribution in [2.75, 3.05) is 7.05 Å². The van der Waals surface area contributed by atoms with Crippen molar-refractivity contribution in [3.8, 4) is 11.1 Å². The van der Waals surface area contributed by atoms with Gasteiger partial charge in [-0.2, -0.15) is 0 Å². The predicted molar refractivity (Wildman–Crippen MR) is 80.3 cm³/mol. The van der Waals surface area contributed by atoms with E-state index in [0.717, 1.165) is 6.54 Å². The molecule has 0 saturated heterocycles. The van der Waals surface area contributed by atoms with Crippen LogP contribution in [0.25, 0.3) is 16.6 Å². The fraction of sp³-hybridized carbons (Fsp3) is 0.176. The van der Waals surface area contributed by atoms with Gasteiger partial charge in [0.15, 0.2) is 0 Å². The summed E-state index contributed by atoms with van der Waals surface area (Å²) in [6.07, 6.45) is 4.32. The van der Waals surface area contributed by atoms with Crippen LogP contribution in [0.5, 0.6) is 0 Å². The molecule has 0 bridgehead atoms. The van der Waals surface area contributed by atoms with Crippen molar-refractivity contribution in [1.82, 2.24) is 9.72 Å². The summed E-state index contributed by atoms with van der Waals surface area (Å²) in [5.74, 6) is 0. The SMILES string of the molecule is CNCc1c(-c2ccc(C)cc2)cn2ccccc12. The first kappa shape index (κ1) is 12.0. The van der Waals surface area contributed by atoms with Crippen LogP contribution in [0, 0.1) is 6.92 Å². The van der Waals surface area contributed by atoms with Crippen LogP contribution in [0.1, 0.15) is 11.1 Å². The lowest BCUT2D eigenvalue weighted by Crippen LogP contribution is -2.05. The Bertz CT molecular complexity index is 693. The summed E-state index contributed by atoms with van der Waals surface area (Å²) >= 11 is 0. The Balaban J connectivity index is 2.21. The molecule has 96 valence electrons. The molecule has 19 heavy (non-hydrogen) atoms. The summed E-state index contributed by atoms with van der Waals surface area (Å²) < 4.78 is 2.20. The zero-order chi connectivity index (χ0) is 13.2. The van der Waals surface area contributed by atoms with Crippen LogP contribution in [0.4, 0.5) is 0 Å². The average Bonchev–Trinajstić information content (AvgIpc) is 2.79. The zero-order valence-electron chi connectivity index (χ0n) is 11.4. The summed E-state index contributed by atoms with van der Waals surface area (Å²) in [5.41, 5.74) is 6.50. The van der Waals surface area contributed by atoms with Crippen molar-refractivity contribution < 1.29 is 0 Å². The lowest BCUT2D eigenvalue weighted by atomic mass is 10.0. The van der Waals surface area contributed by atoms with Gasteiger partial charge in [-0.1, -0.05) is 35.9 Å². The van der Waals surface area contributed by atoms with Gasteiger partial charge in [-0.15, -0.1) is 0 Å². The van der Waals surface area contributed by atoms with Gasteiger partial charge in [-0.25, -0.2) is 0 Å². The van der Waals surface area contributed by atoms with Gasteiger partial charge in [0.25, 0.3) is 0 Å². The van der Waals surface area contributed by atoms with Crippen LogP contribution in [0.3, 0.4) is 0 Å². The van der Waals surface area contributed by atoms with E-state index in [1.165, 1.54) is 27.8 Å². The van der Waals surface area contributed by atoms with Crippen molar-refractivity contribution in [1.29, 1.82) is 0 Å². The van der Waals surface area contributed by atoms with Crippen molar-refractivity contribution in [2.24, 2.45) is 0 Å². The lowest BCUT2D eigenvalue weighted by Gasteiger charge is -2.05. The van der Waals surface area contributed by atoms with Gasteiger partial charge in [-0.05, 0) is 37.2 Å². The number of benzene rings is 1. The zero-order valence-corrected chi connectivity index (χ0v) is 11.4. The molecule has 0 aliphatic heterocycles. The van der Waals surface area contributed by atoms with Gasteiger partial charge < -0.3 is 9.72 Å². The third-order valence-electron chi connectivity index (χ3n) is 3.51. The van der Waals surface area contributed by atoms with E-state index in [0.29, 0.717) is 0 Å². The molecule has 2 heteroatoms. The third kappa shape index (κ3) is 2.15. The lowest BCUT2D eigenvalue weighted by molar-refractivity contribution is 0.825. The predicted octanol–water partition coefficient (Wildman–Crippen LogP) is 3.63. The first-order valence-electron chi connectivity index (χ1n) is 6.60. The van der Waals surface area contributed by atoms with Crippen molar-refractivity contribution in [2.45, 2.75) is 13.5 Å². The highest BCUT2D eigenvalue weighted by atomic mass is 14.9. The first-order valence-corrected chi connectivity index (χ1v) is 6.60. The van der Waals surface area contributed by atoms with Crippen LogP contribution in [-0.2, 0) is 6.54 Å². The Kier molecular flexibility index (Phi) is 3.10. The van der Waals surface area contributed by atoms with E-state index in [4.69, 9.17) is 0 Å². The fourth-order valence-corrected chi connectivity index (χ4v) is 2.52. The van der Waals surface area contributed by atoms with Gasteiger partial charge in [0, 0.05) is 24.5 Å². The average molecular weight is 250 g/mol. The van der Waals surface area contributed by atoms with Gasteiger partial charge in [0.05, 0.1) is 5.52 Å². The first-order chi connectivity index (χ1) is 9.29. The van der Waals surface area contributed by atoms with Crippen molar-refractivity contribution in [3.05, 3.63) is 66.0 Å². The molecule has 2 aromatic heterocycles. The summed E-state index contributed by atoms with van der Waals surface area (Å²) in [5, 5.41) is 3.27. The van der Waals surface area contributed by atoms with Crippen LogP contribution < -0.4 is 5.32 Å². The highest BCUT2D eigenvalue weighted by molar-refractivity contribution is 5.76. The van der Waals surface area contributed by atoms with E-state index in [1.807, 2.05) is 7.05 Å². The highest BCUT2D eigenvalue weighted by Gasteiger charge is 2.11. The fourth-order valence-electron chi connectivity index (χ4n) is 2.52. The number of nitrogens with zero attached hydrogens (tertiary/aromatic N) is 1. The molecular weight excluding hydrogens is 232 g/mol. The summed E-state index contributed by atoms with van der Waals surface area (Å²) in [7, 11) is 1.99. The standard InChI is InChI=1S/C17H18N2/c1-13-6-8-14(9-7-13)16-12-19-10-4-3-5-17(19)15(16)11-18-2/h3-10,12,18H,11H2,1-2H3. The maximum atomic E-state index is 3.27. The Labute approximate surface area is 113 Å². The summed E-state index contributed by atoms with van der Waals surface area (Å²) in [6.45, 7) is 3.00. The van der Waals surface area contributed by atoms with Crippen LogP contribution in [0.15, 0.2) is 54.9 Å². The van der Waals surface area contributed by atoms with Gasteiger partial charge in [0.2, 0.25) is 0 Å². The quantitative estimate of drug-likeness (QED) is 0.750. The number of hydrogen-bond acceptors (Lipinski definition) is 1. The maximum absolute atomic E-state index is 3.27. The van der Waals surface area contributed by atoms with Gasteiger partial charge in [0.1, 0.15) is 0 Å². The third-order valence-corrected chi connectivity index (χ3v) is 3.51. The molecule has 0 aliphatic rings. The van der Waals surface area contributed by atoms with Crippen molar-refractivity contribution >= 4 is 5.52 Å². The van der Waals surface area contributed by atoms with E-state index >= 15 is 0 Å². The Morgan fingerprint density at radius 2 is 1.84 bits per heavy atom. The molecule has 1 N–H and O–H groups in total. The number of fused-ring (bicyclic) bond motifs is 1. The molecule has 1 aromatic carbocycles. The second-order valence-corrected chi connectivity index (χ2v) is 4.91. The van der Waals surface area contributed by atoms with Crippen LogP contribution in [0.2, 0.25) is 0 Å². The number of hydrogen-bond donors (Lipinski definition) is 1. The monoisotopic (exact) mass is 250 g/mol. The van der Waals surface area contributed by atoms with E-state index in [2.05, 4.69) is 71.5 Å². The van der Waals surface area contributed by atoms with Gasteiger partial charge >= 0.3 is 0 Å². The number of rotatable bonds is 3. The second-order valence-electron chi connectivity index (χ2n) is 4.91. The number of aryl methyl sites for hydroxylation is 1. The molecule has 0 atom stereocenters. The Morgan fingerprint density at radius 3 is 2.58 bits per heavy atom. The second kappa shape index (κ2) is 4.90. The normalized spacial score (nSPS) is 11.1. The molecule has 2 nitrogen and oxygen atoms in total. The minimum absolute atomic E-state index is 0.879. The topological polar surface area (TPSA) is 16.4 Å². The number of nitrogens with one attached hydrogen (secondary N) is 1. The maximum Gasteiger partial charge on any atom is 0.0501 e. The van der Waals surface area contributed by atoms with Gasteiger partial charge in [-0.3, -0.25) is 0 Å². The molecule has 0 fully saturated rings. The number of pyridine rings is 1. The largest absolute Gasteiger partial charge is 0.323 e. The molecule has 3 rings (SSSR count). The number of aromatic nitrogens is 1. The molecule has 3 aromatic rings. The molecule has 0 radical (unpaired) electrons. The van der Waals surface area contributed by atoms with E-state index < -0.39 is 0 Å². The van der Waals surface area contributed by atoms with E-state index in [9.17, 15) is 0 Å².